The van der Waals surface area contributed by atoms with Gasteiger partial charge in [0.1, 0.15) is 5.82 Å². The van der Waals surface area contributed by atoms with Crippen molar-refractivity contribution in [3.8, 4) is 0 Å². The standard InChI is InChI=1S/C20H23FN2O3S/c1-14-4-3-5-17(12-14)22-20(24)16-8-10-23(11-9-16)27(25,26)18-6-7-19(21)15(2)13-18/h3-7,12-13,16H,8-11H2,1-2H3,(H,22,24). The van der Waals surface area contributed by atoms with E-state index in [1.807, 2.05) is 31.2 Å². The van der Waals surface area contributed by atoms with E-state index in [-0.39, 0.29) is 29.8 Å². The zero-order valence-corrected chi connectivity index (χ0v) is 16.2. The number of benzene rings is 2. The van der Waals surface area contributed by atoms with E-state index >= 15 is 0 Å². The van der Waals surface area contributed by atoms with Gasteiger partial charge in [0.2, 0.25) is 15.9 Å². The van der Waals surface area contributed by atoms with E-state index < -0.39 is 15.8 Å². The predicted molar refractivity (Wildman–Crippen MR) is 102 cm³/mol. The third-order valence-electron chi connectivity index (χ3n) is 4.88. The molecule has 144 valence electrons. The number of hydrogen-bond donors (Lipinski definition) is 1. The number of amides is 1. The maximum atomic E-state index is 13.4. The van der Waals surface area contributed by atoms with Gasteiger partial charge in [0.25, 0.3) is 0 Å². The number of nitrogens with zero attached hydrogens (tertiary/aromatic N) is 1. The zero-order valence-electron chi connectivity index (χ0n) is 15.4. The molecule has 1 saturated heterocycles. The van der Waals surface area contributed by atoms with Gasteiger partial charge in [0, 0.05) is 24.7 Å². The van der Waals surface area contributed by atoms with Crippen LogP contribution in [0.2, 0.25) is 0 Å². The minimum Gasteiger partial charge on any atom is -0.326 e. The van der Waals surface area contributed by atoms with Crippen molar-refractivity contribution in [1.82, 2.24) is 4.31 Å². The molecule has 1 amide bonds. The fourth-order valence-corrected chi connectivity index (χ4v) is 4.81. The second kappa shape index (κ2) is 7.78. The van der Waals surface area contributed by atoms with Crippen LogP contribution in [0.25, 0.3) is 0 Å². The number of carbonyl (C=O) groups is 1. The first-order valence-corrected chi connectivity index (χ1v) is 10.4. The van der Waals surface area contributed by atoms with Crippen LogP contribution in [0, 0.1) is 25.6 Å². The van der Waals surface area contributed by atoms with Crippen molar-refractivity contribution in [2.24, 2.45) is 5.92 Å². The molecule has 0 unspecified atom stereocenters. The SMILES string of the molecule is Cc1cccc(NC(=O)C2CCN(S(=O)(=O)c3ccc(F)c(C)c3)CC2)c1. The van der Waals surface area contributed by atoms with E-state index in [0.29, 0.717) is 18.4 Å². The Morgan fingerprint density at radius 1 is 1.11 bits per heavy atom. The first-order valence-electron chi connectivity index (χ1n) is 8.91. The number of halogens is 1. The van der Waals surface area contributed by atoms with Crippen LogP contribution < -0.4 is 5.32 Å². The van der Waals surface area contributed by atoms with E-state index in [2.05, 4.69) is 5.32 Å². The van der Waals surface area contributed by atoms with Crippen LogP contribution in [0.1, 0.15) is 24.0 Å². The highest BCUT2D eigenvalue weighted by Crippen LogP contribution is 2.26. The topological polar surface area (TPSA) is 66.5 Å². The molecule has 7 heteroatoms. The highest BCUT2D eigenvalue weighted by atomic mass is 32.2. The lowest BCUT2D eigenvalue weighted by molar-refractivity contribution is -0.120. The van der Waals surface area contributed by atoms with Crippen molar-refractivity contribution in [2.75, 3.05) is 18.4 Å². The Balaban J connectivity index is 1.64. The fraction of sp³-hybridized carbons (Fsp3) is 0.350. The molecule has 0 radical (unpaired) electrons. The number of hydrogen-bond acceptors (Lipinski definition) is 3. The average Bonchev–Trinajstić information content (AvgIpc) is 2.64. The quantitative estimate of drug-likeness (QED) is 0.869. The molecule has 1 fully saturated rings. The molecule has 1 aliphatic rings. The van der Waals surface area contributed by atoms with Gasteiger partial charge in [0.05, 0.1) is 4.90 Å². The molecule has 2 aromatic rings. The number of rotatable bonds is 4. The lowest BCUT2D eigenvalue weighted by Crippen LogP contribution is -2.41. The van der Waals surface area contributed by atoms with E-state index in [1.54, 1.807) is 0 Å². The lowest BCUT2D eigenvalue weighted by Gasteiger charge is -2.30. The summed E-state index contributed by atoms with van der Waals surface area (Å²) in [6.45, 7) is 4.03. The Morgan fingerprint density at radius 2 is 1.81 bits per heavy atom. The van der Waals surface area contributed by atoms with Crippen molar-refractivity contribution in [3.05, 3.63) is 59.4 Å². The normalized spacial score (nSPS) is 16.3. The Labute approximate surface area is 159 Å². The number of nitrogens with one attached hydrogen (secondary N) is 1. The van der Waals surface area contributed by atoms with Gasteiger partial charge in [-0.15, -0.1) is 0 Å². The Kier molecular flexibility index (Phi) is 5.62. The predicted octanol–water partition coefficient (Wildman–Crippen LogP) is 3.48. The van der Waals surface area contributed by atoms with Gasteiger partial charge in [-0.05, 0) is 68.1 Å². The molecule has 0 aliphatic carbocycles. The van der Waals surface area contributed by atoms with E-state index in [1.165, 1.54) is 29.4 Å². The smallest absolute Gasteiger partial charge is 0.243 e. The summed E-state index contributed by atoms with van der Waals surface area (Å²) in [7, 11) is -3.68. The van der Waals surface area contributed by atoms with Gasteiger partial charge in [-0.2, -0.15) is 4.31 Å². The molecule has 1 N–H and O–H groups in total. The minimum atomic E-state index is -3.68. The molecule has 0 bridgehead atoms. The molecule has 1 heterocycles. The maximum absolute atomic E-state index is 13.4. The number of piperidine rings is 1. The molecule has 27 heavy (non-hydrogen) atoms. The second-order valence-electron chi connectivity index (χ2n) is 6.95. The molecular weight excluding hydrogens is 367 g/mol. The third-order valence-corrected chi connectivity index (χ3v) is 6.77. The molecule has 0 saturated carbocycles. The Morgan fingerprint density at radius 3 is 2.44 bits per heavy atom. The molecule has 0 aromatic heterocycles. The van der Waals surface area contributed by atoms with Crippen LogP contribution in [-0.4, -0.2) is 31.7 Å². The minimum absolute atomic E-state index is 0.0871. The second-order valence-corrected chi connectivity index (χ2v) is 8.89. The maximum Gasteiger partial charge on any atom is 0.243 e. The number of carbonyl (C=O) groups excluding carboxylic acids is 1. The first-order chi connectivity index (χ1) is 12.8. The van der Waals surface area contributed by atoms with E-state index in [4.69, 9.17) is 0 Å². The summed E-state index contributed by atoms with van der Waals surface area (Å²) in [5.41, 5.74) is 2.10. The molecule has 1 aliphatic heterocycles. The van der Waals surface area contributed by atoms with Crippen LogP contribution in [-0.2, 0) is 14.8 Å². The Bertz CT molecular complexity index is 951. The highest BCUT2D eigenvalue weighted by Gasteiger charge is 2.32. The van der Waals surface area contributed by atoms with Gasteiger partial charge in [0.15, 0.2) is 0 Å². The summed E-state index contributed by atoms with van der Waals surface area (Å²) < 4.78 is 40.3. The van der Waals surface area contributed by atoms with Crippen molar-refractivity contribution in [2.45, 2.75) is 31.6 Å². The fourth-order valence-electron chi connectivity index (χ4n) is 3.25. The monoisotopic (exact) mass is 390 g/mol. The third kappa shape index (κ3) is 4.36. The zero-order chi connectivity index (χ0) is 19.6. The highest BCUT2D eigenvalue weighted by molar-refractivity contribution is 7.89. The van der Waals surface area contributed by atoms with E-state index in [9.17, 15) is 17.6 Å². The van der Waals surface area contributed by atoms with Crippen molar-refractivity contribution >= 4 is 21.6 Å². The summed E-state index contributed by atoms with van der Waals surface area (Å²) >= 11 is 0. The van der Waals surface area contributed by atoms with Crippen molar-refractivity contribution in [3.63, 3.8) is 0 Å². The van der Waals surface area contributed by atoms with Gasteiger partial charge >= 0.3 is 0 Å². The van der Waals surface area contributed by atoms with Crippen LogP contribution in [0.4, 0.5) is 10.1 Å². The van der Waals surface area contributed by atoms with E-state index in [0.717, 1.165) is 11.3 Å². The summed E-state index contributed by atoms with van der Waals surface area (Å²) in [5.74, 6) is -0.748. The largest absolute Gasteiger partial charge is 0.326 e. The van der Waals surface area contributed by atoms with Crippen LogP contribution in [0.15, 0.2) is 47.4 Å². The van der Waals surface area contributed by atoms with Gasteiger partial charge in [-0.25, -0.2) is 12.8 Å². The molecule has 2 aromatic carbocycles. The molecular formula is C20H23FN2O3S. The van der Waals surface area contributed by atoms with Crippen LogP contribution in [0.5, 0.6) is 0 Å². The van der Waals surface area contributed by atoms with Crippen molar-refractivity contribution in [1.29, 1.82) is 0 Å². The number of sulfonamides is 1. The lowest BCUT2D eigenvalue weighted by atomic mass is 9.97. The number of anilines is 1. The van der Waals surface area contributed by atoms with Gasteiger partial charge in [-0.1, -0.05) is 12.1 Å². The Hall–Kier alpha value is -2.25. The van der Waals surface area contributed by atoms with Crippen LogP contribution >= 0.6 is 0 Å². The molecule has 5 nitrogen and oxygen atoms in total. The summed E-state index contributed by atoms with van der Waals surface area (Å²) in [4.78, 5) is 12.6. The molecule has 3 rings (SSSR count). The van der Waals surface area contributed by atoms with Gasteiger partial charge < -0.3 is 5.32 Å². The summed E-state index contributed by atoms with van der Waals surface area (Å²) in [6.07, 6.45) is 0.911. The molecule has 0 atom stereocenters. The van der Waals surface area contributed by atoms with Crippen molar-refractivity contribution < 1.29 is 17.6 Å². The first kappa shape index (κ1) is 19.5. The van der Waals surface area contributed by atoms with Gasteiger partial charge in [-0.3, -0.25) is 4.79 Å². The van der Waals surface area contributed by atoms with Crippen LogP contribution in [0.3, 0.4) is 0 Å². The molecule has 0 spiro atoms. The number of aryl methyl sites for hydroxylation is 2. The average molecular weight is 390 g/mol. The summed E-state index contributed by atoms with van der Waals surface area (Å²) in [6, 6.07) is 11.4. The summed E-state index contributed by atoms with van der Waals surface area (Å²) in [5, 5.41) is 2.90.